The lowest BCUT2D eigenvalue weighted by Gasteiger charge is -2.22. The van der Waals surface area contributed by atoms with Gasteiger partial charge in [0.05, 0.1) is 4.92 Å². The number of rotatable bonds is 2. The van der Waals surface area contributed by atoms with Crippen LogP contribution in [0.25, 0.3) is 0 Å². The summed E-state index contributed by atoms with van der Waals surface area (Å²) >= 11 is 0. The van der Waals surface area contributed by atoms with Gasteiger partial charge in [-0.15, -0.1) is 0 Å². The minimum Gasteiger partial charge on any atom is -0.375 e. The fourth-order valence-corrected chi connectivity index (χ4v) is 1.72. The number of fused-ring (bicyclic) bond motifs is 1. The maximum atomic E-state index is 11.1. The van der Waals surface area contributed by atoms with Crippen LogP contribution in [0.4, 0.5) is 0 Å². The third kappa shape index (κ3) is 1.50. The van der Waals surface area contributed by atoms with Gasteiger partial charge >= 0.3 is 0 Å². The molecule has 0 saturated heterocycles. The maximum Gasteiger partial charge on any atom is 0.285 e. The molecule has 0 fully saturated rings. The zero-order valence-corrected chi connectivity index (χ0v) is 8.21. The molecule has 0 radical (unpaired) electrons. The Morgan fingerprint density at radius 3 is 2.88 bits per heavy atom. The summed E-state index contributed by atoms with van der Waals surface area (Å²) in [6, 6.07) is -0.604. The number of hydrogen-bond acceptors (Lipinski definition) is 4. The second-order valence-corrected chi connectivity index (χ2v) is 3.38. The molecular formula is C10H9N3O3. The molecule has 0 aromatic heterocycles. The van der Waals surface area contributed by atoms with Crippen LogP contribution in [0.2, 0.25) is 0 Å². The molecule has 1 amide bonds. The van der Waals surface area contributed by atoms with Gasteiger partial charge in [-0.3, -0.25) is 14.9 Å². The van der Waals surface area contributed by atoms with Gasteiger partial charge in [0.15, 0.2) is 0 Å². The van der Waals surface area contributed by atoms with Crippen molar-refractivity contribution in [1.29, 1.82) is 0 Å². The summed E-state index contributed by atoms with van der Waals surface area (Å²) in [6.07, 6.45) is 8.11. The van der Waals surface area contributed by atoms with Gasteiger partial charge < -0.3 is 11.1 Å². The van der Waals surface area contributed by atoms with Crippen LogP contribution >= 0.6 is 0 Å². The van der Waals surface area contributed by atoms with E-state index < -0.39 is 16.9 Å². The topological polar surface area (TPSA) is 98.3 Å². The molecule has 6 heteroatoms. The van der Waals surface area contributed by atoms with Gasteiger partial charge in [-0.1, -0.05) is 12.2 Å². The molecule has 2 aliphatic rings. The van der Waals surface area contributed by atoms with Crippen LogP contribution in [0.3, 0.4) is 0 Å². The number of nitrogens with zero attached hydrogens (tertiary/aromatic N) is 1. The van der Waals surface area contributed by atoms with Crippen LogP contribution in [0, 0.1) is 10.1 Å². The van der Waals surface area contributed by atoms with Crippen molar-refractivity contribution in [1.82, 2.24) is 5.32 Å². The molecular weight excluding hydrogens is 210 g/mol. The lowest BCUT2D eigenvalue weighted by atomic mass is 9.92. The van der Waals surface area contributed by atoms with E-state index in [0.29, 0.717) is 0 Å². The second kappa shape index (κ2) is 3.65. The highest BCUT2D eigenvalue weighted by Gasteiger charge is 2.35. The van der Waals surface area contributed by atoms with E-state index >= 15 is 0 Å². The van der Waals surface area contributed by atoms with Crippen LogP contribution in [0.1, 0.15) is 0 Å². The first-order valence-corrected chi connectivity index (χ1v) is 4.60. The van der Waals surface area contributed by atoms with E-state index in [1.54, 1.807) is 24.4 Å². The van der Waals surface area contributed by atoms with E-state index in [2.05, 4.69) is 5.32 Å². The van der Waals surface area contributed by atoms with Crippen LogP contribution in [-0.2, 0) is 4.79 Å². The number of carbonyl (C=O) groups is 1. The molecule has 3 N–H and O–H groups in total. The number of hydrogen-bond donors (Lipinski definition) is 2. The molecule has 1 aliphatic heterocycles. The van der Waals surface area contributed by atoms with Gasteiger partial charge in [-0.05, 0) is 23.9 Å². The Labute approximate surface area is 91.0 Å². The molecule has 2 rings (SSSR count). The lowest BCUT2D eigenvalue weighted by Crippen LogP contribution is -2.37. The molecule has 0 spiro atoms. The first-order chi connectivity index (χ1) is 7.61. The van der Waals surface area contributed by atoms with Crippen molar-refractivity contribution in [3.05, 3.63) is 57.5 Å². The fourth-order valence-electron chi connectivity index (χ4n) is 1.72. The minimum absolute atomic E-state index is 0.0602. The van der Waals surface area contributed by atoms with Crippen molar-refractivity contribution in [3.63, 3.8) is 0 Å². The molecule has 1 heterocycles. The molecule has 0 aromatic carbocycles. The van der Waals surface area contributed by atoms with Crippen molar-refractivity contribution >= 4 is 5.91 Å². The average Bonchev–Trinajstić information content (AvgIpc) is 2.27. The number of primary amides is 1. The summed E-state index contributed by atoms with van der Waals surface area (Å²) in [7, 11) is 0. The molecule has 0 bridgehead atoms. The number of amides is 1. The first-order valence-electron chi connectivity index (χ1n) is 4.60. The number of nitrogens with two attached hydrogens (primary N) is 1. The third-order valence-electron chi connectivity index (χ3n) is 2.44. The smallest absolute Gasteiger partial charge is 0.285 e. The van der Waals surface area contributed by atoms with Gasteiger partial charge in [0.25, 0.3) is 11.6 Å². The maximum absolute atomic E-state index is 11.1. The number of nitro groups is 1. The van der Waals surface area contributed by atoms with Crippen molar-refractivity contribution in [2.24, 2.45) is 5.73 Å². The van der Waals surface area contributed by atoms with Crippen molar-refractivity contribution in [3.8, 4) is 0 Å². The summed E-state index contributed by atoms with van der Waals surface area (Å²) in [6.45, 7) is 0. The molecule has 82 valence electrons. The highest BCUT2D eigenvalue weighted by atomic mass is 16.6. The summed E-state index contributed by atoms with van der Waals surface area (Å²) in [4.78, 5) is 21.5. The molecule has 6 nitrogen and oxygen atoms in total. The molecule has 1 atom stereocenters. The van der Waals surface area contributed by atoms with Crippen LogP contribution in [0.15, 0.2) is 47.3 Å². The van der Waals surface area contributed by atoms with E-state index in [1.807, 2.05) is 0 Å². The van der Waals surface area contributed by atoms with Gasteiger partial charge in [0.1, 0.15) is 11.6 Å². The number of carbonyl (C=O) groups excluding carboxylic acids is 1. The van der Waals surface area contributed by atoms with E-state index in [-0.39, 0.29) is 11.3 Å². The Morgan fingerprint density at radius 2 is 2.25 bits per heavy atom. The Bertz CT molecular complexity index is 486. The zero-order chi connectivity index (χ0) is 11.7. The number of nitrogens with one attached hydrogen (secondary N) is 1. The average molecular weight is 219 g/mol. The molecule has 1 unspecified atom stereocenters. The second-order valence-electron chi connectivity index (χ2n) is 3.38. The summed E-state index contributed by atoms with van der Waals surface area (Å²) in [5, 5.41) is 13.8. The molecule has 0 saturated carbocycles. The normalized spacial score (nSPS) is 22.2. The Kier molecular flexibility index (Phi) is 2.32. The first kappa shape index (κ1) is 10.2. The number of allylic oxidation sites excluding steroid dienone is 2. The lowest BCUT2D eigenvalue weighted by molar-refractivity contribution is -0.429. The summed E-state index contributed by atoms with van der Waals surface area (Å²) < 4.78 is 0. The minimum atomic E-state index is -0.793. The van der Waals surface area contributed by atoms with E-state index in [0.717, 1.165) is 5.57 Å². The highest BCUT2D eigenvalue weighted by molar-refractivity contribution is 5.96. The van der Waals surface area contributed by atoms with E-state index in [4.69, 9.17) is 5.73 Å². The van der Waals surface area contributed by atoms with Crippen LogP contribution in [-0.4, -0.2) is 16.9 Å². The van der Waals surface area contributed by atoms with Gasteiger partial charge in [0.2, 0.25) is 0 Å². The summed E-state index contributed by atoms with van der Waals surface area (Å²) in [5.41, 5.74) is 5.57. The molecule has 0 aromatic rings. The highest BCUT2D eigenvalue weighted by Crippen LogP contribution is 2.25. The SMILES string of the molecule is NC(=O)C1=C([N+](=O)[O-])C2NC=CC=C2C=C1. The Balaban J connectivity index is 2.54. The van der Waals surface area contributed by atoms with Crippen LogP contribution < -0.4 is 11.1 Å². The van der Waals surface area contributed by atoms with Crippen molar-refractivity contribution in [2.45, 2.75) is 6.04 Å². The van der Waals surface area contributed by atoms with Crippen LogP contribution in [0.5, 0.6) is 0 Å². The monoisotopic (exact) mass is 219 g/mol. The standard InChI is InChI=1S/C10H9N3O3/c11-10(14)7-4-3-6-2-1-5-12-8(6)9(7)13(15)16/h1-5,8,12H,(H2,11,14). The van der Waals surface area contributed by atoms with Crippen molar-refractivity contribution < 1.29 is 9.72 Å². The largest absolute Gasteiger partial charge is 0.375 e. The van der Waals surface area contributed by atoms with E-state index in [9.17, 15) is 14.9 Å². The predicted octanol–water partition coefficient (Wildman–Crippen LogP) is -0.0158. The van der Waals surface area contributed by atoms with Crippen molar-refractivity contribution in [2.75, 3.05) is 0 Å². The predicted molar refractivity (Wildman–Crippen MR) is 56.5 cm³/mol. The van der Waals surface area contributed by atoms with Gasteiger partial charge in [-0.2, -0.15) is 0 Å². The molecule has 1 aliphatic carbocycles. The van der Waals surface area contributed by atoms with E-state index in [1.165, 1.54) is 6.08 Å². The Morgan fingerprint density at radius 1 is 1.50 bits per heavy atom. The van der Waals surface area contributed by atoms with Gasteiger partial charge in [-0.25, -0.2) is 0 Å². The third-order valence-corrected chi connectivity index (χ3v) is 2.44. The fraction of sp³-hybridized carbons (Fsp3) is 0.100. The Hall–Kier alpha value is -2.37. The molecule has 16 heavy (non-hydrogen) atoms. The zero-order valence-electron chi connectivity index (χ0n) is 8.21. The van der Waals surface area contributed by atoms with Gasteiger partial charge in [0, 0.05) is 0 Å². The number of dihydropyridines is 1. The summed E-state index contributed by atoms with van der Waals surface area (Å²) in [5.74, 6) is -0.793. The quantitative estimate of drug-likeness (QED) is 0.503.